The van der Waals surface area contributed by atoms with E-state index in [0.717, 1.165) is 12.1 Å². The molecule has 0 aliphatic carbocycles. The molecular formula is C16H13F3N4O3. The van der Waals surface area contributed by atoms with Gasteiger partial charge >= 0.3 is 6.36 Å². The van der Waals surface area contributed by atoms with Gasteiger partial charge in [-0.2, -0.15) is 5.26 Å². The Morgan fingerprint density at radius 2 is 2.12 bits per heavy atom. The van der Waals surface area contributed by atoms with Crippen LogP contribution in [0.3, 0.4) is 0 Å². The number of imidazole rings is 1. The van der Waals surface area contributed by atoms with Crippen LogP contribution in [-0.2, 0) is 17.9 Å². The van der Waals surface area contributed by atoms with Crippen LogP contribution in [0, 0.1) is 11.3 Å². The van der Waals surface area contributed by atoms with Gasteiger partial charge in [-0.25, -0.2) is 4.98 Å². The highest BCUT2D eigenvalue weighted by molar-refractivity contribution is 5.92. The minimum Gasteiger partial charge on any atom is -0.406 e. The van der Waals surface area contributed by atoms with Gasteiger partial charge in [-0.3, -0.25) is 4.79 Å². The van der Waals surface area contributed by atoms with Crippen LogP contribution in [-0.4, -0.2) is 28.4 Å². The highest BCUT2D eigenvalue weighted by Gasteiger charge is 2.31. The van der Waals surface area contributed by atoms with Crippen molar-refractivity contribution in [3.05, 3.63) is 47.5 Å². The number of alkyl halides is 3. The number of nitrogens with one attached hydrogen (secondary N) is 1. The fraction of sp³-hybridized carbons (Fsp3) is 0.312. The summed E-state index contributed by atoms with van der Waals surface area (Å²) in [4.78, 5) is 16.5. The summed E-state index contributed by atoms with van der Waals surface area (Å²) in [6, 6.07) is 5.56. The van der Waals surface area contributed by atoms with E-state index < -0.39 is 24.1 Å². The van der Waals surface area contributed by atoms with Crippen molar-refractivity contribution in [2.24, 2.45) is 0 Å². The summed E-state index contributed by atoms with van der Waals surface area (Å²) in [5, 5.41) is 11.8. The zero-order valence-electron chi connectivity index (χ0n) is 13.3. The summed E-state index contributed by atoms with van der Waals surface area (Å²) in [6.07, 6.45) is -3.23. The van der Waals surface area contributed by atoms with E-state index in [1.165, 1.54) is 12.1 Å². The fourth-order valence-corrected chi connectivity index (χ4v) is 2.46. The average molecular weight is 366 g/mol. The second kappa shape index (κ2) is 7.05. The summed E-state index contributed by atoms with van der Waals surface area (Å²) in [7, 11) is 0. The van der Waals surface area contributed by atoms with Gasteiger partial charge in [-0.15, -0.1) is 13.2 Å². The first-order chi connectivity index (χ1) is 12.4. The van der Waals surface area contributed by atoms with Crippen molar-refractivity contribution in [3.63, 3.8) is 0 Å². The lowest BCUT2D eigenvalue weighted by molar-refractivity contribution is -0.274. The quantitative estimate of drug-likeness (QED) is 0.897. The third kappa shape index (κ3) is 4.12. The number of aromatic nitrogens is 2. The molecule has 1 amide bonds. The van der Waals surface area contributed by atoms with E-state index in [2.05, 4.69) is 15.0 Å². The second-order valence-electron chi connectivity index (χ2n) is 5.44. The zero-order chi connectivity index (χ0) is 18.7. The fourth-order valence-electron chi connectivity index (χ4n) is 2.46. The van der Waals surface area contributed by atoms with E-state index in [-0.39, 0.29) is 5.69 Å². The van der Waals surface area contributed by atoms with Crippen LogP contribution >= 0.6 is 0 Å². The number of benzene rings is 1. The van der Waals surface area contributed by atoms with Crippen molar-refractivity contribution in [3.8, 4) is 11.8 Å². The lowest BCUT2D eigenvalue weighted by Gasteiger charge is -2.13. The van der Waals surface area contributed by atoms with Gasteiger partial charge in [0.1, 0.15) is 29.9 Å². The molecule has 1 aliphatic rings. The maximum atomic E-state index is 12.3. The van der Waals surface area contributed by atoms with Crippen LogP contribution in [0.5, 0.6) is 5.75 Å². The first-order valence-electron chi connectivity index (χ1n) is 7.56. The lowest BCUT2D eigenvalue weighted by atomic mass is 10.1. The molecule has 0 bridgehead atoms. The minimum atomic E-state index is -4.80. The molecule has 0 fully saturated rings. The van der Waals surface area contributed by atoms with Gasteiger partial charge in [0, 0.05) is 12.7 Å². The van der Waals surface area contributed by atoms with Crippen LogP contribution in [0.25, 0.3) is 0 Å². The number of nitrogens with zero attached hydrogens (tertiary/aromatic N) is 3. The van der Waals surface area contributed by atoms with Crippen molar-refractivity contribution in [2.45, 2.75) is 25.6 Å². The van der Waals surface area contributed by atoms with Gasteiger partial charge in [-0.1, -0.05) is 12.1 Å². The number of amides is 1. The van der Waals surface area contributed by atoms with Crippen LogP contribution in [0.15, 0.2) is 30.5 Å². The Balaban J connectivity index is 1.70. The summed E-state index contributed by atoms with van der Waals surface area (Å²) >= 11 is 0. The molecule has 2 heterocycles. The van der Waals surface area contributed by atoms with Crippen molar-refractivity contribution >= 4 is 5.91 Å². The van der Waals surface area contributed by atoms with E-state index in [4.69, 9.17) is 4.74 Å². The summed E-state index contributed by atoms with van der Waals surface area (Å²) in [5.74, 6) is -0.358. The molecule has 1 N–H and O–H groups in total. The minimum absolute atomic E-state index is 0.141. The lowest BCUT2D eigenvalue weighted by Crippen LogP contribution is -2.28. The second-order valence-corrected chi connectivity index (χ2v) is 5.44. The molecule has 10 heteroatoms. The van der Waals surface area contributed by atoms with Crippen LogP contribution < -0.4 is 10.1 Å². The number of halogens is 3. The smallest absolute Gasteiger partial charge is 0.406 e. The third-order valence-corrected chi connectivity index (χ3v) is 3.65. The number of carbonyl (C=O) groups is 1. The molecule has 1 atom stereocenters. The SMILES string of the molecule is N#CC(NC(=O)c1cn2c(n1)COCC2)c1ccc(OC(F)(F)F)cc1. The summed E-state index contributed by atoms with van der Waals surface area (Å²) in [5.41, 5.74) is 0.463. The maximum absolute atomic E-state index is 12.3. The van der Waals surface area contributed by atoms with Gasteiger partial charge in [0.15, 0.2) is 0 Å². The number of fused-ring (bicyclic) bond motifs is 1. The third-order valence-electron chi connectivity index (χ3n) is 3.65. The highest BCUT2D eigenvalue weighted by atomic mass is 19.4. The molecule has 0 saturated heterocycles. The number of hydrogen-bond donors (Lipinski definition) is 1. The van der Waals surface area contributed by atoms with Crippen LogP contribution in [0.1, 0.15) is 27.9 Å². The van der Waals surface area contributed by atoms with Gasteiger partial charge in [0.25, 0.3) is 5.91 Å². The molecule has 7 nitrogen and oxygen atoms in total. The summed E-state index contributed by atoms with van der Waals surface area (Å²) < 4.78 is 47.3. The Bertz CT molecular complexity index is 816. The molecule has 3 rings (SSSR count). The van der Waals surface area contributed by atoms with E-state index in [9.17, 15) is 23.2 Å². The highest BCUT2D eigenvalue weighted by Crippen LogP contribution is 2.24. The maximum Gasteiger partial charge on any atom is 0.573 e. The first kappa shape index (κ1) is 17.8. The Kier molecular flexibility index (Phi) is 4.81. The number of hydrogen-bond acceptors (Lipinski definition) is 5. The molecule has 0 saturated carbocycles. The molecule has 26 heavy (non-hydrogen) atoms. The standard InChI is InChI=1S/C16H13F3N4O3/c17-16(18,19)26-11-3-1-10(2-4-11)12(7-20)22-15(24)13-8-23-5-6-25-9-14(23)21-13/h1-4,8,12H,5-6,9H2,(H,22,24). The van der Waals surface area contributed by atoms with Gasteiger partial charge in [-0.05, 0) is 17.7 Å². The Morgan fingerprint density at radius 3 is 2.73 bits per heavy atom. The number of carbonyl (C=O) groups excluding carboxylic acids is 1. The predicted octanol–water partition coefficient (Wildman–Crippen LogP) is 2.31. The normalized spacial score (nSPS) is 14.8. The Labute approximate surface area is 146 Å². The topological polar surface area (TPSA) is 89.2 Å². The first-order valence-corrected chi connectivity index (χ1v) is 7.56. The molecular weight excluding hydrogens is 353 g/mol. The molecule has 1 unspecified atom stereocenters. The van der Waals surface area contributed by atoms with E-state index >= 15 is 0 Å². The molecule has 1 aliphatic heterocycles. The summed E-state index contributed by atoms with van der Waals surface area (Å²) in [6.45, 7) is 1.41. The number of ether oxygens (including phenoxy) is 2. The van der Waals surface area contributed by atoms with Crippen molar-refractivity contribution < 1.29 is 27.4 Å². The zero-order valence-corrected chi connectivity index (χ0v) is 13.3. The molecule has 2 aromatic rings. The largest absolute Gasteiger partial charge is 0.573 e. The number of nitriles is 1. The number of rotatable bonds is 4. The van der Waals surface area contributed by atoms with Gasteiger partial charge in [0.2, 0.25) is 0 Å². The van der Waals surface area contributed by atoms with Crippen LogP contribution in [0.2, 0.25) is 0 Å². The van der Waals surface area contributed by atoms with Crippen molar-refractivity contribution in [1.82, 2.24) is 14.9 Å². The molecule has 1 aromatic heterocycles. The molecule has 0 spiro atoms. The monoisotopic (exact) mass is 366 g/mol. The Morgan fingerprint density at radius 1 is 1.38 bits per heavy atom. The average Bonchev–Trinajstić information content (AvgIpc) is 3.03. The van der Waals surface area contributed by atoms with Crippen molar-refractivity contribution in [2.75, 3.05) is 6.61 Å². The Hall–Kier alpha value is -3.06. The predicted molar refractivity (Wildman–Crippen MR) is 80.8 cm³/mol. The van der Waals surface area contributed by atoms with Crippen LogP contribution in [0.4, 0.5) is 13.2 Å². The van der Waals surface area contributed by atoms with E-state index in [1.807, 2.05) is 6.07 Å². The molecule has 136 valence electrons. The van der Waals surface area contributed by atoms with Crippen molar-refractivity contribution in [1.29, 1.82) is 5.26 Å². The molecule has 0 radical (unpaired) electrons. The molecule has 1 aromatic carbocycles. The van der Waals surface area contributed by atoms with Gasteiger partial charge in [0.05, 0.1) is 12.7 Å². The van der Waals surface area contributed by atoms with E-state index in [0.29, 0.717) is 31.1 Å². The van der Waals surface area contributed by atoms with E-state index in [1.54, 1.807) is 10.8 Å². The van der Waals surface area contributed by atoms with Gasteiger partial charge < -0.3 is 19.4 Å².